The molecule has 0 saturated carbocycles. The number of nitrogens with one attached hydrogen (secondary N) is 1. The zero-order valence-corrected chi connectivity index (χ0v) is 12.7. The van der Waals surface area contributed by atoms with Gasteiger partial charge in [0.05, 0.1) is 17.6 Å². The van der Waals surface area contributed by atoms with Crippen LogP contribution >= 0.6 is 11.3 Å². The van der Waals surface area contributed by atoms with Crippen LogP contribution in [0.3, 0.4) is 0 Å². The zero-order valence-electron chi connectivity index (χ0n) is 11.9. The Hall–Kier alpha value is -2.07. The minimum atomic E-state index is -1.06. The molecule has 108 valence electrons. The molecule has 2 amide bonds. The molecule has 1 aromatic rings. The number of aromatic carboxylic acids is 1. The Bertz CT molecular complexity index is 574. The molecular formula is C13H17N3O3S. The van der Waals surface area contributed by atoms with Crippen LogP contribution in [0, 0.1) is 31.1 Å². The molecule has 2 N–H and O–H groups in total. The molecule has 0 aliphatic rings. The summed E-state index contributed by atoms with van der Waals surface area (Å²) in [4.78, 5) is 25.4. The first-order valence-electron chi connectivity index (χ1n) is 6.03. The highest BCUT2D eigenvalue weighted by atomic mass is 32.1. The van der Waals surface area contributed by atoms with Gasteiger partial charge in [0, 0.05) is 18.5 Å². The van der Waals surface area contributed by atoms with Gasteiger partial charge in [-0.05, 0) is 26.3 Å². The fourth-order valence-corrected chi connectivity index (χ4v) is 2.74. The average Bonchev–Trinajstić information content (AvgIpc) is 2.64. The van der Waals surface area contributed by atoms with Crippen LogP contribution in [-0.4, -0.2) is 35.6 Å². The minimum Gasteiger partial charge on any atom is -0.478 e. The highest BCUT2D eigenvalue weighted by Gasteiger charge is 2.21. The highest BCUT2D eigenvalue weighted by Crippen LogP contribution is 2.32. The lowest BCUT2D eigenvalue weighted by atomic mass is 10.1. The van der Waals surface area contributed by atoms with Gasteiger partial charge >= 0.3 is 12.0 Å². The van der Waals surface area contributed by atoms with Gasteiger partial charge in [-0.3, -0.25) is 5.32 Å². The van der Waals surface area contributed by atoms with Gasteiger partial charge in [0.25, 0.3) is 0 Å². The normalized spacial score (nSPS) is 11.6. The van der Waals surface area contributed by atoms with E-state index in [9.17, 15) is 14.7 Å². The van der Waals surface area contributed by atoms with E-state index < -0.39 is 12.0 Å². The Kier molecular flexibility index (Phi) is 5.11. The van der Waals surface area contributed by atoms with Gasteiger partial charge in [-0.1, -0.05) is 0 Å². The van der Waals surface area contributed by atoms with Crippen molar-refractivity contribution >= 4 is 28.3 Å². The van der Waals surface area contributed by atoms with Crippen molar-refractivity contribution in [1.82, 2.24) is 4.90 Å². The van der Waals surface area contributed by atoms with E-state index >= 15 is 0 Å². The molecule has 1 atom stereocenters. The maximum atomic E-state index is 12.0. The quantitative estimate of drug-likeness (QED) is 0.893. The van der Waals surface area contributed by atoms with Crippen molar-refractivity contribution < 1.29 is 14.7 Å². The maximum absolute atomic E-state index is 12.0. The molecule has 0 bridgehead atoms. The lowest BCUT2D eigenvalue weighted by Crippen LogP contribution is -2.34. The summed E-state index contributed by atoms with van der Waals surface area (Å²) in [5.74, 6) is -1.34. The Balaban J connectivity index is 2.89. The Morgan fingerprint density at radius 2 is 2.10 bits per heavy atom. The van der Waals surface area contributed by atoms with Crippen molar-refractivity contribution in [3.63, 3.8) is 0 Å². The summed E-state index contributed by atoms with van der Waals surface area (Å²) in [6.45, 7) is 5.52. The highest BCUT2D eigenvalue weighted by molar-refractivity contribution is 7.16. The number of amides is 2. The van der Waals surface area contributed by atoms with Gasteiger partial charge in [-0.2, -0.15) is 5.26 Å². The van der Waals surface area contributed by atoms with Gasteiger partial charge < -0.3 is 10.0 Å². The lowest BCUT2D eigenvalue weighted by Gasteiger charge is -2.18. The first-order valence-corrected chi connectivity index (χ1v) is 6.84. The Morgan fingerprint density at radius 3 is 2.60 bits per heavy atom. The minimum absolute atomic E-state index is 0.127. The molecule has 0 fully saturated rings. The third kappa shape index (κ3) is 3.48. The van der Waals surface area contributed by atoms with E-state index in [0.717, 1.165) is 4.88 Å². The molecule has 6 nitrogen and oxygen atoms in total. The summed E-state index contributed by atoms with van der Waals surface area (Å²) >= 11 is 1.24. The summed E-state index contributed by atoms with van der Waals surface area (Å²) < 4.78 is 0. The number of rotatable bonds is 4. The van der Waals surface area contributed by atoms with Crippen LogP contribution in [0.1, 0.15) is 27.7 Å². The van der Waals surface area contributed by atoms with Crippen molar-refractivity contribution in [3.05, 3.63) is 16.0 Å². The smallest absolute Gasteiger partial charge is 0.338 e. The Morgan fingerprint density at radius 1 is 1.50 bits per heavy atom. The topological polar surface area (TPSA) is 93.4 Å². The number of carboxylic acid groups (broad SMARTS) is 1. The molecule has 1 aromatic heterocycles. The van der Waals surface area contributed by atoms with Crippen LogP contribution in [-0.2, 0) is 0 Å². The largest absolute Gasteiger partial charge is 0.478 e. The van der Waals surface area contributed by atoms with Crippen LogP contribution in [0.15, 0.2) is 0 Å². The summed E-state index contributed by atoms with van der Waals surface area (Å²) in [5.41, 5.74) is 0.786. The van der Waals surface area contributed by atoms with Crippen LogP contribution in [0.4, 0.5) is 9.80 Å². The summed E-state index contributed by atoms with van der Waals surface area (Å²) in [6.07, 6.45) is 0. The number of carbonyl (C=O) groups excluding carboxylic acids is 1. The van der Waals surface area contributed by atoms with Crippen LogP contribution < -0.4 is 5.32 Å². The predicted molar refractivity (Wildman–Crippen MR) is 77.2 cm³/mol. The van der Waals surface area contributed by atoms with Gasteiger partial charge in [0.2, 0.25) is 0 Å². The SMILES string of the molecule is Cc1sc(NC(=O)N(C)CC(C)C#N)c(C(=O)O)c1C. The molecule has 0 aliphatic heterocycles. The number of hydrogen-bond acceptors (Lipinski definition) is 4. The number of hydrogen-bond donors (Lipinski definition) is 2. The molecule has 7 heteroatoms. The number of anilines is 1. The van der Waals surface area contributed by atoms with Crippen molar-refractivity contribution in [2.24, 2.45) is 5.92 Å². The van der Waals surface area contributed by atoms with Crippen LogP contribution in [0.2, 0.25) is 0 Å². The van der Waals surface area contributed by atoms with E-state index in [2.05, 4.69) is 5.32 Å². The van der Waals surface area contributed by atoms with Crippen molar-refractivity contribution in [3.8, 4) is 6.07 Å². The first kappa shape index (κ1) is 16.0. The van der Waals surface area contributed by atoms with E-state index in [1.807, 2.05) is 13.0 Å². The van der Waals surface area contributed by atoms with Crippen molar-refractivity contribution in [2.75, 3.05) is 18.9 Å². The predicted octanol–water partition coefficient (Wildman–Crippen LogP) is 2.69. The number of nitrogens with zero attached hydrogens (tertiary/aromatic N) is 2. The third-order valence-corrected chi connectivity index (χ3v) is 4.06. The second-order valence-electron chi connectivity index (χ2n) is 4.63. The summed E-state index contributed by atoms with van der Waals surface area (Å²) in [7, 11) is 1.57. The van der Waals surface area contributed by atoms with Crippen molar-refractivity contribution in [1.29, 1.82) is 5.26 Å². The molecule has 0 aliphatic carbocycles. The lowest BCUT2D eigenvalue weighted by molar-refractivity contribution is 0.0697. The van der Waals surface area contributed by atoms with E-state index in [0.29, 0.717) is 10.6 Å². The molecule has 1 rings (SSSR count). The fourth-order valence-electron chi connectivity index (χ4n) is 1.70. The van der Waals surface area contributed by atoms with E-state index in [4.69, 9.17) is 5.26 Å². The van der Waals surface area contributed by atoms with E-state index in [1.54, 1.807) is 20.9 Å². The van der Waals surface area contributed by atoms with Gasteiger partial charge in [0.1, 0.15) is 5.00 Å². The van der Waals surface area contributed by atoms with E-state index in [-0.39, 0.29) is 18.0 Å². The number of carboxylic acids is 1. The molecule has 0 aromatic carbocycles. The molecule has 1 heterocycles. The number of nitriles is 1. The molecule has 20 heavy (non-hydrogen) atoms. The van der Waals surface area contributed by atoms with Crippen LogP contribution in [0.5, 0.6) is 0 Å². The number of carbonyl (C=O) groups is 2. The third-order valence-electron chi connectivity index (χ3n) is 2.93. The fraction of sp³-hybridized carbons (Fsp3) is 0.462. The van der Waals surface area contributed by atoms with E-state index in [1.165, 1.54) is 16.2 Å². The molecular weight excluding hydrogens is 278 g/mol. The number of urea groups is 1. The molecule has 0 spiro atoms. The Labute approximate surface area is 121 Å². The van der Waals surface area contributed by atoms with Gasteiger partial charge in [0.15, 0.2) is 0 Å². The number of thiophene rings is 1. The monoisotopic (exact) mass is 295 g/mol. The molecule has 0 saturated heterocycles. The summed E-state index contributed by atoms with van der Waals surface area (Å²) in [6, 6.07) is 1.62. The van der Waals surface area contributed by atoms with Gasteiger partial charge in [-0.25, -0.2) is 9.59 Å². The molecule has 0 radical (unpaired) electrons. The average molecular weight is 295 g/mol. The van der Waals surface area contributed by atoms with Gasteiger partial charge in [-0.15, -0.1) is 11.3 Å². The summed E-state index contributed by atoms with van der Waals surface area (Å²) in [5, 5.41) is 20.8. The van der Waals surface area contributed by atoms with Crippen LogP contribution in [0.25, 0.3) is 0 Å². The van der Waals surface area contributed by atoms with Crippen molar-refractivity contribution in [2.45, 2.75) is 20.8 Å². The zero-order chi connectivity index (χ0) is 15.4. The maximum Gasteiger partial charge on any atom is 0.338 e. The number of aryl methyl sites for hydroxylation is 1. The standard InChI is InChI=1S/C13H17N3O3S/c1-7(5-14)6-16(4)13(19)15-11-10(12(17)18)8(2)9(3)20-11/h7H,6H2,1-4H3,(H,15,19)(H,17,18). The molecule has 1 unspecified atom stereocenters. The second-order valence-corrected chi connectivity index (χ2v) is 5.86. The first-order chi connectivity index (χ1) is 9.27. The second kappa shape index (κ2) is 6.39.